The number of imide groups is 1. The van der Waals surface area contributed by atoms with Gasteiger partial charge in [-0.25, -0.2) is 14.2 Å². The number of aryl methyl sites for hydroxylation is 2. The maximum Gasteiger partial charge on any atom is 0.329 e. The lowest BCUT2D eigenvalue weighted by Gasteiger charge is -2.33. The molecule has 65 heavy (non-hydrogen) atoms. The Morgan fingerprint density at radius 3 is 2.18 bits per heavy atom. The number of phenols is 1. The Kier molecular flexibility index (Phi) is 17.8. The number of aromatic nitrogens is 1. The second-order valence-electron chi connectivity index (χ2n) is 20.1. The molecule has 1 saturated carbocycles. The number of hydrogen-bond donors (Lipinski definition) is 4. The van der Waals surface area contributed by atoms with E-state index >= 15 is 4.39 Å². The monoisotopic (exact) mass is 914 g/mol. The lowest BCUT2D eigenvalue weighted by atomic mass is 9.78. The molecule has 1 aliphatic heterocycles. The zero-order valence-electron chi connectivity index (χ0n) is 39.4. The van der Waals surface area contributed by atoms with Crippen molar-refractivity contribution in [2.75, 3.05) is 11.4 Å². The predicted octanol–water partition coefficient (Wildman–Crippen LogP) is 11.0. The maximum absolute atomic E-state index is 15.6. The van der Waals surface area contributed by atoms with Crippen molar-refractivity contribution < 1.29 is 33.5 Å². The number of thiazole rings is 1. The molecule has 4 N–H and O–H groups in total. The fourth-order valence-electron chi connectivity index (χ4n) is 10.1. The lowest BCUT2D eigenvalue weighted by Crippen LogP contribution is -2.51. The second-order valence-corrected chi connectivity index (χ2v) is 20.9. The number of benzene rings is 2. The van der Waals surface area contributed by atoms with Crippen LogP contribution in [0.3, 0.4) is 0 Å². The number of anilines is 1. The standard InChI is InChI=1S/C52H72FN5O6S/c1-33(36-23-26-38(27-24-36)48-34(2)54-32-65-48)55-50(63)39-18-15-17-37(25-28-39)47(62)49(52(3,4)5)56-43(60)19-14-12-10-8-6-7-9-11-13-16-35-20-22-40-30-42(59)46(45(53)41(40)29-21-35)58-31-44(61)57-51(58)64/h23-24,26-27,30,32-33,35,37,39,49,59H,6-22,25,28-29,31H2,1-5H3,(H,55,63)(H,56,60)(H,57,61,64)/t33-,35?,37?,39+,49+/m0/s1. The molecule has 5 amide bonds. The van der Waals surface area contributed by atoms with E-state index in [0.29, 0.717) is 43.6 Å². The van der Waals surface area contributed by atoms with Crippen LogP contribution < -0.4 is 20.9 Å². The van der Waals surface area contributed by atoms with Gasteiger partial charge in [0.1, 0.15) is 18.0 Å². The molecular formula is C52H72FN5O6S. The van der Waals surface area contributed by atoms with Crippen LogP contribution in [-0.2, 0) is 32.0 Å². The maximum atomic E-state index is 15.6. The van der Waals surface area contributed by atoms with Gasteiger partial charge in [-0.15, -0.1) is 11.3 Å². The number of halogens is 1. The van der Waals surface area contributed by atoms with Gasteiger partial charge in [-0.3, -0.25) is 29.4 Å². The summed E-state index contributed by atoms with van der Waals surface area (Å²) in [6.45, 7) is 9.77. The molecule has 354 valence electrons. The smallest absolute Gasteiger partial charge is 0.329 e. The van der Waals surface area contributed by atoms with E-state index in [2.05, 4.69) is 45.2 Å². The van der Waals surface area contributed by atoms with Crippen molar-refractivity contribution in [3.8, 4) is 16.2 Å². The van der Waals surface area contributed by atoms with Gasteiger partial charge in [0, 0.05) is 18.3 Å². The van der Waals surface area contributed by atoms with Crippen molar-refractivity contribution in [1.29, 1.82) is 0 Å². The van der Waals surface area contributed by atoms with Crippen LogP contribution >= 0.6 is 11.3 Å². The fraction of sp³-hybridized carbons (Fsp3) is 0.615. The van der Waals surface area contributed by atoms with Crippen molar-refractivity contribution in [2.24, 2.45) is 23.2 Å². The highest BCUT2D eigenvalue weighted by Gasteiger charge is 2.38. The third-order valence-corrected chi connectivity index (χ3v) is 15.1. The summed E-state index contributed by atoms with van der Waals surface area (Å²) in [7, 11) is 0. The fourth-order valence-corrected chi connectivity index (χ4v) is 10.9. The SMILES string of the molecule is Cc1ncsc1-c1ccc([C@H](C)NC(=O)[C@@H]2CCCC(C(=O)[C@@H](NC(=O)CCCCCCCCCCCC3CCc4cc(O)c(N5CC(=O)NC5=O)c(F)c4CC3)C(C)(C)C)CC2)cc1. The molecule has 3 aromatic rings. The Bertz CT molecular complexity index is 2130. The summed E-state index contributed by atoms with van der Waals surface area (Å²) in [6, 6.07) is 8.47. The van der Waals surface area contributed by atoms with Gasteiger partial charge in [0.05, 0.1) is 28.2 Å². The molecule has 0 radical (unpaired) electrons. The number of unbranched alkanes of at least 4 members (excludes halogenated alkanes) is 8. The number of nitrogens with zero attached hydrogens (tertiary/aromatic N) is 2. The zero-order chi connectivity index (χ0) is 46.7. The molecule has 11 nitrogen and oxygen atoms in total. The van der Waals surface area contributed by atoms with Crippen LogP contribution in [0.25, 0.3) is 10.4 Å². The van der Waals surface area contributed by atoms with Gasteiger partial charge >= 0.3 is 6.03 Å². The van der Waals surface area contributed by atoms with Gasteiger partial charge < -0.3 is 15.7 Å². The first-order chi connectivity index (χ1) is 31.1. The molecule has 1 saturated heterocycles. The molecule has 2 unspecified atom stereocenters. The highest BCUT2D eigenvalue weighted by atomic mass is 32.1. The van der Waals surface area contributed by atoms with Crippen LogP contribution in [0.15, 0.2) is 35.8 Å². The number of amides is 5. The number of hydrogen-bond acceptors (Lipinski definition) is 8. The molecule has 0 bridgehead atoms. The molecule has 6 rings (SSSR count). The van der Waals surface area contributed by atoms with Crippen molar-refractivity contribution in [1.82, 2.24) is 20.9 Å². The molecule has 3 aliphatic rings. The predicted molar refractivity (Wildman–Crippen MR) is 255 cm³/mol. The third kappa shape index (κ3) is 13.5. The number of fused-ring (bicyclic) bond motifs is 1. The molecule has 13 heteroatoms. The number of ketones is 1. The van der Waals surface area contributed by atoms with Crippen molar-refractivity contribution in [3.63, 3.8) is 0 Å². The summed E-state index contributed by atoms with van der Waals surface area (Å²) in [5.41, 5.74) is 5.76. The number of carbonyl (C=O) groups is 5. The largest absolute Gasteiger partial charge is 0.506 e. The quantitative estimate of drug-likeness (QED) is 0.0380. The molecule has 2 aliphatic carbocycles. The molecule has 2 heterocycles. The summed E-state index contributed by atoms with van der Waals surface area (Å²) in [6.07, 6.45) is 18.0. The van der Waals surface area contributed by atoms with E-state index in [1.54, 1.807) is 17.4 Å². The van der Waals surface area contributed by atoms with E-state index in [1.807, 2.05) is 40.1 Å². The average molecular weight is 914 g/mol. The molecule has 5 atom stereocenters. The Labute approximate surface area is 389 Å². The van der Waals surface area contributed by atoms with Crippen molar-refractivity contribution >= 4 is 46.6 Å². The lowest BCUT2D eigenvalue weighted by molar-refractivity contribution is -0.133. The van der Waals surface area contributed by atoms with Crippen LogP contribution in [0.4, 0.5) is 14.9 Å². The van der Waals surface area contributed by atoms with Crippen molar-refractivity contribution in [2.45, 2.75) is 175 Å². The Morgan fingerprint density at radius 1 is 0.892 bits per heavy atom. The van der Waals surface area contributed by atoms with Gasteiger partial charge in [-0.1, -0.05) is 109 Å². The number of phenolic OH excluding ortho intramolecular Hbond substituents is 1. The number of urea groups is 1. The topological polar surface area (TPSA) is 158 Å². The number of Topliss-reactive ketones (excluding diaryl/α,β-unsaturated/α-hetero) is 1. The van der Waals surface area contributed by atoms with Crippen LogP contribution in [0.2, 0.25) is 0 Å². The summed E-state index contributed by atoms with van der Waals surface area (Å²) < 4.78 is 15.6. The highest BCUT2D eigenvalue weighted by Crippen LogP contribution is 2.40. The molecule has 0 spiro atoms. The van der Waals surface area contributed by atoms with Gasteiger partial charge in [-0.2, -0.15) is 0 Å². The average Bonchev–Trinajstić information content (AvgIpc) is 3.64. The van der Waals surface area contributed by atoms with E-state index in [1.165, 1.54) is 19.3 Å². The number of aromatic hydroxyl groups is 1. The Morgan fingerprint density at radius 2 is 1.54 bits per heavy atom. The van der Waals surface area contributed by atoms with E-state index in [9.17, 15) is 29.1 Å². The normalized spacial score (nSPS) is 20.0. The minimum atomic E-state index is -0.714. The summed E-state index contributed by atoms with van der Waals surface area (Å²) >= 11 is 1.62. The van der Waals surface area contributed by atoms with E-state index in [4.69, 9.17) is 0 Å². The highest BCUT2D eigenvalue weighted by molar-refractivity contribution is 7.13. The molecule has 2 fully saturated rings. The third-order valence-electron chi connectivity index (χ3n) is 14.1. The first kappa shape index (κ1) is 49.8. The van der Waals surface area contributed by atoms with Crippen LogP contribution in [-0.4, -0.2) is 52.2 Å². The van der Waals surface area contributed by atoms with E-state index in [-0.39, 0.29) is 53.5 Å². The number of nitrogens with one attached hydrogen (secondary N) is 3. The minimum absolute atomic E-state index is 0.0431. The van der Waals surface area contributed by atoms with E-state index in [0.717, 1.165) is 109 Å². The first-order valence-electron chi connectivity index (χ1n) is 24.4. The van der Waals surface area contributed by atoms with E-state index < -0.39 is 29.2 Å². The second kappa shape index (κ2) is 23.2. The zero-order valence-corrected chi connectivity index (χ0v) is 40.2. The molecule has 2 aromatic carbocycles. The number of carbonyl (C=O) groups excluding carboxylic acids is 5. The minimum Gasteiger partial charge on any atom is -0.506 e. The van der Waals surface area contributed by atoms with Crippen LogP contribution in [0.5, 0.6) is 5.75 Å². The van der Waals surface area contributed by atoms with Gasteiger partial charge in [0.2, 0.25) is 17.7 Å². The molecular weight excluding hydrogens is 842 g/mol. The van der Waals surface area contributed by atoms with Crippen LogP contribution in [0.1, 0.15) is 172 Å². The molecule has 1 aromatic heterocycles. The first-order valence-corrected chi connectivity index (χ1v) is 25.3. The van der Waals surface area contributed by atoms with Crippen molar-refractivity contribution in [3.05, 3.63) is 64.0 Å². The van der Waals surface area contributed by atoms with Gasteiger partial charge in [-0.05, 0) is 111 Å². The summed E-state index contributed by atoms with van der Waals surface area (Å²) in [5, 5.41) is 19.1. The van der Waals surface area contributed by atoms with Gasteiger partial charge in [0.15, 0.2) is 11.6 Å². The summed E-state index contributed by atoms with van der Waals surface area (Å²) in [5.74, 6) is -1.16. The van der Waals surface area contributed by atoms with Crippen LogP contribution in [0, 0.1) is 35.9 Å². The Balaban J connectivity index is 0.823. The number of rotatable bonds is 20. The van der Waals surface area contributed by atoms with Gasteiger partial charge in [0.25, 0.3) is 0 Å². The summed E-state index contributed by atoms with van der Waals surface area (Å²) in [4.78, 5) is 71.0. The Hall–Kier alpha value is -4.65.